The predicted octanol–water partition coefficient (Wildman–Crippen LogP) is 4.58. The molecular weight excluding hydrogens is 436 g/mol. The number of rotatable bonds is 7. The van der Waals surface area contributed by atoms with Gasteiger partial charge in [0.1, 0.15) is 10.7 Å². The van der Waals surface area contributed by atoms with Crippen molar-refractivity contribution in [2.24, 2.45) is 5.92 Å². The van der Waals surface area contributed by atoms with E-state index in [9.17, 15) is 13.2 Å². The van der Waals surface area contributed by atoms with Crippen LogP contribution in [-0.2, 0) is 10.0 Å². The zero-order chi connectivity index (χ0) is 22.2. The van der Waals surface area contributed by atoms with Gasteiger partial charge in [-0.3, -0.25) is 9.10 Å². The molecule has 0 bridgehead atoms. The number of carbonyl (C=O) groups is 1. The van der Waals surface area contributed by atoms with Gasteiger partial charge >= 0.3 is 0 Å². The van der Waals surface area contributed by atoms with Crippen molar-refractivity contribution in [2.45, 2.75) is 30.7 Å². The Morgan fingerprint density at radius 3 is 2.58 bits per heavy atom. The Bertz CT molecular complexity index is 1210. The van der Waals surface area contributed by atoms with E-state index >= 15 is 0 Å². The van der Waals surface area contributed by atoms with Crippen LogP contribution < -0.4 is 9.62 Å². The fourth-order valence-corrected chi connectivity index (χ4v) is 5.17. The maximum absolute atomic E-state index is 13.2. The summed E-state index contributed by atoms with van der Waals surface area (Å²) < 4.78 is 29.3. The lowest BCUT2D eigenvalue weighted by molar-refractivity contribution is 0.102. The SMILES string of the molecule is C[C@@H](C1CC1)n1nccc1NC(=O)c1ccc(Cl)c(S(=O)(=O)N(C)c2ccccc2)c1. The third-order valence-corrected chi connectivity index (χ3v) is 7.82. The van der Waals surface area contributed by atoms with E-state index in [1.807, 2.05) is 0 Å². The van der Waals surface area contributed by atoms with E-state index in [0.29, 0.717) is 17.4 Å². The molecule has 1 fully saturated rings. The Kier molecular flexibility index (Phi) is 5.77. The number of hydrogen-bond acceptors (Lipinski definition) is 4. The Morgan fingerprint density at radius 2 is 1.90 bits per heavy atom. The molecule has 9 heteroatoms. The molecule has 1 atom stereocenters. The first-order valence-electron chi connectivity index (χ1n) is 9.97. The van der Waals surface area contributed by atoms with Gasteiger partial charge in [0, 0.05) is 18.7 Å². The second kappa shape index (κ2) is 8.36. The number of para-hydroxylation sites is 1. The lowest BCUT2D eigenvalue weighted by atomic mass is 10.2. The molecule has 1 aliphatic rings. The zero-order valence-corrected chi connectivity index (χ0v) is 18.8. The van der Waals surface area contributed by atoms with Gasteiger partial charge in [0.15, 0.2) is 0 Å². The van der Waals surface area contributed by atoms with E-state index in [-0.39, 0.29) is 21.5 Å². The lowest BCUT2D eigenvalue weighted by Gasteiger charge is -2.20. The van der Waals surface area contributed by atoms with Crippen molar-refractivity contribution in [1.29, 1.82) is 0 Å². The standard InChI is InChI=1S/C22H23ClN4O3S/c1-15(16-8-9-16)27-21(12-13-24-27)25-22(28)17-10-11-19(23)20(14-17)31(29,30)26(2)18-6-4-3-5-7-18/h3-7,10-16H,8-9H2,1-2H3,(H,25,28)/t15-/m0/s1. The van der Waals surface area contributed by atoms with Crippen molar-refractivity contribution in [3.05, 3.63) is 71.4 Å². The summed E-state index contributed by atoms with van der Waals surface area (Å²) in [7, 11) is -2.51. The van der Waals surface area contributed by atoms with Gasteiger partial charge in [0.2, 0.25) is 0 Å². The Labute approximate surface area is 186 Å². The molecule has 1 amide bonds. The van der Waals surface area contributed by atoms with Gasteiger partial charge in [-0.05, 0) is 56.0 Å². The van der Waals surface area contributed by atoms with Crippen LogP contribution in [0.3, 0.4) is 0 Å². The van der Waals surface area contributed by atoms with Gasteiger partial charge in [-0.25, -0.2) is 13.1 Å². The number of nitrogens with one attached hydrogen (secondary N) is 1. The number of halogens is 1. The number of aromatic nitrogens is 2. The molecule has 31 heavy (non-hydrogen) atoms. The minimum absolute atomic E-state index is 0.0479. The molecule has 3 aromatic rings. The molecule has 1 aromatic heterocycles. The Hall–Kier alpha value is -2.84. The van der Waals surface area contributed by atoms with E-state index in [1.54, 1.807) is 47.3 Å². The van der Waals surface area contributed by atoms with Crippen molar-refractivity contribution < 1.29 is 13.2 Å². The number of nitrogens with zero attached hydrogens (tertiary/aromatic N) is 3. The van der Waals surface area contributed by atoms with Crippen molar-refractivity contribution in [2.75, 3.05) is 16.7 Å². The lowest BCUT2D eigenvalue weighted by Crippen LogP contribution is -2.27. The Morgan fingerprint density at radius 1 is 1.19 bits per heavy atom. The maximum Gasteiger partial charge on any atom is 0.265 e. The van der Waals surface area contributed by atoms with Crippen LogP contribution in [0.25, 0.3) is 0 Å². The number of amides is 1. The molecule has 0 unspecified atom stereocenters. The van der Waals surface area contributed by atoms with Crippen LogP contribution in [0.5, 0.6) is 0 Å². The third kappa shape index (κ3) is 4.31. The van der Waals surface area contributed by atoms with Crippen molar-refractivity contribution >= 4 is 39.0 Å². The molecule has 1 aliphatic carbocycles. The average molecular weight is 459 g/mol. The first kappa shape index (κ1) is 21.4. The number of carbonyl (C=O) groups excluding carboxylic acids is 1. The van der Waals surface area contributed by atoms with Crippen LogP contribution in [0.2, 0.25) is 5.02 Å². The molecule has 4 rings (SSSR count). The summed E-state index contributed by atoms with van der Waals surface area (Å²) >= 11 is 6.22. The molecule has 7 nitrogen and oxygen atoms in total. The highest BCUT2D eigenvalue weighted by Crippen LogP contribution is 2.40. The van der Waals surface area contributed by atoms with Crippen LogP contribution in [-0.4, -0.2) is 31.2 Å². The van der Waals surface area contributed by atoms with Crippen LogP contribution in [0.4, 0.5) is 11.5 Å². The summed E-state index contributed by atoms with van der Waals surface area (Å²) in [6, 6.07) is 14.8. The number of anilines is 2. The first-order chi connectivity index (χ1) is 14.8. The quantitative estimate of drug-likeness (QED) is 0.561. The van der Waals surface area contributed by atoms with Gasteiger partial charge < -0.3 is 5.32 Å². The third-order valence-electron chi connectivity index (χ3n) is 5.55. The van der Waals surface area contributed by atoms with E-state index in [0.717, 1.165) is 17.1 Å². The Balaban J connectivity index is 1.61. The fraction of sp³-hybridized carbons (Fsp3) is 0.273. The van der Waals surface area contributed by atoms with E-state index in [4.69, 9.17) is 11.6 Å². The van der Waals surface area contributed by atoms with Gasteiger partial charge in [0.05, 0.1) is 22.9 Å². The van der Waals surface area contributed by atoms with Crippen LogP contribution in [0.1, 0.15) is 36.2 Å². The number of hydrogen-bond donors (Lipinski definition) is 1. The van der Waals surface area contributed by atoms with Crippen molar-refractivity contribution in [1.82, 2.24) is 9.78 Å². The van der Waals surface area contributed by atoms with E-state index in [1.165, 1.54) is 25.2 Å². The largest absolute Gasteiger partial charge is 0.307 e. The number of sulfonamides is 1. The van der Waals surface area contributed by atoms with Crippen molar-refractivity contribution in [3.63, 3.8) is 0 Å². The monoisotopic (exact) mass is 458 g/mol. The second-order valence-electron chi connectivity index (χ2n) is 7.65. The van der Waals surface area contributed by atoms with Crippen LogP contribution >= 0.6 is 11.6 Å². The van der Waals surface area contributed by atoms with E-state index < -0.39 is 15.9 Å². The van der Waals surface area contributed by atoms with E-state index in [2.05, 4.69) is 17.3 Å². The van der Waals surface area contributed by atoms with Gasteiger partial charge in [-0.15, -0.1) is 0 Å². The molecule has 1 saturated carbocycles. The highest BCUT2D eigenvalue weighted by molar-refractivity contribution is 7.93. The second-order valence-corrected chi connectivity index (χ2v) is 9.99. The summed E-state index contributed by atoms with van der Waals surface area (Å²) in [6.07, 6.45) is 3.95. The normalized spacial score (nSPS) is 14.8. The molecule has 1 heterocycles. The molecule has 0 spiro atoms. The van der Waals surface area contributed by atoms with Gasteiger partial charge in [0.25, 0.3) is 15.9 Å². The molecule has 2 aromatic carbocycles. The average Bonchev–Trinajstić information content (AvgIpc) is 3.52. The zero-order valence-electron chi connectivity index (χ0n) is 17.2. The van der Waals surface area contributed by atoms with Crippen LogP contribution in [0.15, 0.2) is 65.7 Å². The molecule has 0 aliphatic heterocycles. The molecule has 1 N–H and O–H groups in total. The first-order valence-corrected chi connectivity index (χ1v) is 11.8. The fourth-order valence-electron chi connectivity index (χ4n) is 3.47. The summed E-state index contributed by atoms with van der Waals surface area (Å²) in [5.41, 5.74) is 0.683. The highest BCUT2D eigenvalue weighted by Gasteiger charge is 2.31. The summed E-state index contributed by atoms with van der Waals surface area (Å²) in [6.45, 7) is 2.08. The minimum atomic E-state index is -3.96. The highest BCUT2D eigenvalue weighted by atomic mass is 35.5. The molecule has 162 valence electrons. The minimum Gasteiger partial charge on any atom is -0.307 e. The number of benzene rings is 2. The predicted molar refractivity (Wildman–Crippen MR) is 121 cm³/mol. The van der Waals surface area contributed by atoms with Crippen LogP contribution in [0, 0.1) is 5.92 Å². The molecule has 0 saturated heterocycles. The van der Waals surface area contributed by atoms with Gasteiger partial charge in [-0.2, -0.15) is 5.10 Å². The van der Waals surface area contributed by atoms with Gasteiger partial charge in [-0.1, -0.05) is 29.8 Å². The summed E-state index contributed by atoms with van der Waals surface area (Å²) in [5, 5.41) is 7.22. The summed E-state index contributed by atoms with van der Waals surface area (Å²) in [4.78, 5) is 12.8. The summed E-state index contributed by atoms with van der Waals surface area (Å²) in [5.74, 6) is 0.710. The maximum atomic E-state index is 13.2. The topological polar surface area (TPSA) is 84.3 Å². The smallest absolute Gasteiger partial charge is 0.265 e. The molecule has 0 radical (unpaired) electrons. The van der Waals surface area contributed by atoms with Crippen molar-refractivity contribution in [3.8, 4) is 0 Å². The molecular formula is C22H23ClN4O3S.